The Morgan fingerprint density at radius 3 is 2.71 bits per heavy atom. The first-order valence-corrected chi connectivity index (χ1v) is 7.55. The topological polar surface area (TPSA) is 52.3 Å². The van der Waals surface area contributed by atoms with Gasteiger partial charge in [0.2, 0.25) is 0 Å². The highest BCUT2D eigenvalue weighted by atomic mass is 32.2. The predicted octanol–water partition coefficient (Wildman–Crippen LogP) is 2.59. The lowest BCUT2D eigenvalue weighted by atomic mass is 10.3. The molecule has 0 aliphatic heterocycles. The molecular weight excluding hydrogens is 234 g/mol. The van der Waals surface area contributed by atoms with Crippen LogP contribution in [-0.4, -0.2) is 22.3 Å². The number of benzene rings is 1. The largest absolute Gasteiger partial charge is 0.490 e. The van der Waals surface area contributed by atoms with Crippen molar-refractivity contribution in [3.05, 3.63) is 24.3 Å². The van der Waals surface area contributed by atoms with Crippen LogP contribution in [0.1, 0.15) is 26.2 Å². The van der Waals surface area contributed by atoms with Gasteiger partial charge in [-0.2, -0.15) is 0 Å². The summed E-state index contributed by atoms with van der Waals surface area (Å²) in [4.78, 5) is 0. The summed E-state index contributed by atoms with van der Waals surface area (Å²) in [7, 11) is -0.768. The number of para-hydroxylation sites is 2. The maximum atomic E-state index is 11.6. The van der Waals surface area contributed by atoms with Gasteiger partial charge in [-0.15, -0.1) is 0 Å². The third-order valence-corrected chi connectivity index (χ3v) is 3.83. The first-order chi connectivity index (χ1) is 8.24. The molecule has 0 bridgehead atoms. The van der Waals surface area contributed by atoms with Gasteiger partial charge in [-0.05, 0) is 18.6 Å². The molecule has 1 aromatic carbocycles. The minimum absolute atomic E-state index is 0.465. The summed E-state index contributed by atoms with van der Waals surface area (Å²) < 4.78 is 17.1. The number of anilines is 1. The number of hydrogen-bond donors (Lipinski definition) is 1. The van der Waals surface area contributed by atoms with Crippen LogP contribution in [0.2, 0.25) is 0 Å². The van der Waals surface area contributed by atoms with E-state index >= 15 is 0 Å². The molecule has 3 nitrogen and oxygen atoms in total. The molecule has 1 unspecified atom stereocenters. The third kappa shape index (κ3) is 5.73. The zero-order valence-electron chi connectivity index (χ0n) is 10.4. The summed E-state index contributed by atoms with van der Waals surface area (Å²) in [6.07, 6.45) is 3.35. The van der Waals surface area contributed by atoms with E-state index in [-0.39, 0.29) is 0 Å². The fraction of sp³-hybridized carbons (Fsp3) is 0.538. The Bertz CT molecular complexity index is 355. The van der Waals surface area contributed by atoms with Crippen LogP contribution >= 0.6 is 0 Å². The fourth-order valence-electron chi connectivity index (χ4n) is 1.47. The maximum Gasteiger partial charge on any atom is 0.142 e. The Kier molecular flexibility index (Phi) is 6.70. The van der Waals surface area contributed by atoms with Gasteiger partial charge in [0.1, 0.15) is 5.75 Å². The van der Waals surface area contributed by atoms with Crippen molar-refractivity contribution in [1.29, 1.82) is 0 Å². The SMILES string of the molecule is CCCCCS(=O)CCOc1ccccc1N. The van der Waals surface area contributed by atoms with Gasteiger partial charge in [-0.25, -0.2) is 0 Å². The van der Waals surface area contributed by atoms with Crippen LogP contribution in [-0.2, 0) is 10.8 Å². The molecule has 1 atom stereocenters. The lowest BCUT2D eigenvalue weighted by Gasteiger charge is -2.08. The smallest absolute Gasteiger partial charge is 0.142 e. The molecule has 2 N–H and O–H groups in total. The van der Waals surface area contributed by atoms with E-state index in [0.29, 0.717) is 23.8 Å². The molecule has 0 amide bonds. The van der Waals surface area contributed by atoms with Crippen LogP contribution in [0.25, 0.3) is 0 Å². The molecule has 1 rings (SSSR count). The number of nitrogen functional groups attached to an aromatic ring is 1. The van der Waals surface area contributed by atoms with Gasteiger partial charge in [0.25, 0.3) is 0 Å². The van der Waals surface area contributed by atoms with Gasteiger partial charge in [-0.3, -0.25) is 4.21 Å². The maximum absolute atomic E-state index is 11.6. The van der Waals surface area contributed by atoms with Crippen LogP contribution in [0.4, 0.5) is 5.69 Å². The Morgan fingerprint density at radius 2 is 2.00 bits per heavy atom. The van der Waals surface area contributed by atoms with E-state index in [0.717, 1.165) is 25.0 Å². The minimum Gasteiger partial charge on any atom is -0.490 e. The van der Waals surface area contributed by atoms with Gasteiger partial charge in [0, 0.05) is 16.6 Å². The summed E-state index contributed by atoms with van der Waals surface area (Å²) in [5.74, 6) is 2.04. The second kappa shape index (κ2) is 8.12. The molecule has 0 fully saturated rings. The van der Waals surface area contributed by atoms with Crippen molar-refractivity contribution in [2.75, 3.05) is 23.8 Å². The van der Waals surface area contributed by atoms with Gasteiger partial charge < -0.3 is 10.5 Å². The third-order valence-electron chi connectivity index (χ3n) is 2.46. The summed E-state index contributed by atoms with van der Waals surface area (Å²) in [5.41, 5.74) is 6.36. The highest BCUT2D eigenvalue weighted by Crippen LogP contribution is 2.19. The molecule has 0 radical (unpaired) electrons. The number of ether oxygens (including phenoxy) is 1. The molecule has 17 heavy (non-hydrogen) atoms. The Hall–Kier alpha value is -1.03. The van der Waals surface area contributed by atoms with Gasteiger partial charge in [-0.1, -0.05) is 31.9 Å². The molecule has 0 aliphatic carbocycles. The highest BCUT2D eigenvalue weighted by Gasteiger charge is 2.02. The second-order valence-electron chi connectivity index (χ2n) is 3.94. The summed E-state index contributed by atoms with van der Waals surface area (Å²) >= 11 is 0. The Morgan fingerprint density at radius 1 is 1.24 bits per heavy atom. The van der Waals surface area contributed by atoms with Crippen molar-refractivity contribution >= 4 is 16.5 Å². The van der Waals surface area contributed by atoms with Crippen LogP contribution in [0.5, 0.6) is 5.75 Å². The van der Waals surface area contributed by atoms with Crippen molar-refractivity contribution in [2.24, 2.45) is 0 Å². The van der Waals surface area contributed by atoms with Crippen LogP contribution in [0.15, 0.2) is 24.3 Å². The standard InChI is InChI=1S/C13H21NO2S/c1-2-3-6-10-17(15)11-9-16-13-8-5-4-7-12(13)14/h4-5,7-8H,2-3,6,9-11,14H2,1H3. The van der Waals surface area contributed by atoms with E-state index in [1.54, 1.807) is 6.07 Å². The summed E-state index contributed by atoms with van der Waals surface area (Å²) in [6, 6.07) is 7.37. The second-order valence-corrected chi connectivity index (χ2v) is 5.64. The highest BCUT2D eigenvalue weighted by molar-refractivity contribution is 7.84. The fourth-order valence-corrected chi connectivity index (χ4v) is 2.47. The van der Waals surface area contributed by atoms with Gasteiger partial charge in [0.15, 0.2) is 0 Å². The van der Waals surface area contributed by atoms with E-state index in [4.69, 9.17) is 10.5 Å². The van der Waals surface area contributed by atoms with Crippen molar-refractivity contribution < 1.29 is 8.95 Å². The molecule has 0 saturated heterocycles. The lowest BCUT2D eigenvalue weighted by Crippen LogP contribution is -2.11. The molecule has 0 aromatic heterocycles. The Balaban J connectivity index is 2.19. The number of rotatable bonds is 8. The van der Waals surface area contributed by atoms with E-state index < -0.39 is 10.8 Å². The molecule has 0 aliphatic rings. The van der Waals surface area contributed by atoms with E-state index in [1.165, 1.54) is 0 Å². The van der Waals surface area contributed by atoms with Crippen molar-refractivity contribution in [3.63, 3.8) is 0 Å². The minimum atomic E-state index is -0.768. The molecule has 4 heteroatoms. The van der Waals surface area contributed by atoms with E-state index in [2.05, 4.69) is 6.92 Å². The van der Waals surface area contributed by atoms with Crippen molar-refractivity contribution in [1.82, 2.24) is 0 Å². The predicted molar refractivity (Wildman–Crippen MR) is 73.8 cm³/mol. The normalized spacial score (nSPS) is 12.3. The molecule has 1 aromatic rings. The van der Waals surface area contributed by atoms with Gasteiger partial charge >= 0.3 is 0 Å². The molecule has 96 valence electrons. The van der Waals surface area contributed by atoms with Crippen molar-refractivity contribution in [3.8, 4) is 5.75 Å². The molecular formula is C13H21NO2S. The average Bonchev–Trinajstić information content (AvgIpc) is 2.32. The first-order valence-electron chi connectivity index (χ1n) is 6.06. The molecule has 0 spiro atoms. The van der Waals surface area contributed by atoms with Crippen LogP contribution in [0.3, 0.4) is 0 Å². The van der Waals surface area contributed by atoms with Gasteiger partial charge in [0.05, 0.1) is 18.0 Å². The average molecular weight is 255 g/mol. The molecule has 0 saturated carbocycles. The van der Waals surface area contributed by atoms with Crippen LogP contribution < -0.4 is 10.5 Å². The van der Waals surface area contributed by atoms with Crippen LogP contribution in [0, 0.1) is 0 Å². The molecule has 0 heterocycles. The number of nitrogens with two attached hydrogens (primary N) is 1. The van der Waals surface area contributed by atoms with E-state index in [1.807, 2.05) is 18.2 Å². The lowest BCUT2D eigenvalue weighted by molar-refractivity contribution is 0.344. The zero-order chi connectivity index (χ0) is 12.5. The number of hydrogen-bond acceptors (Lipinski definition) is 3. The Labute approximate surface area is 106 Å². The quantitative estimate of drug-likeness (QED) is 0.574. The number of unbranched alkanes of at least 4 members (excludes halogenated alkanes) is 2. The van der Waals surface area contributed by atoms with E-state index in [9.17, 15) is 4.21 Å². The van der Waals surface area contributed by atoms with Crippen molar-refractivity contribution in [2.45, 2.75) is 26.2 Å². The first kappa shape index (κ1) is 14.0. The summed E-state index contributed by atoms with van der Waals surface area (Å²) in [5, 5.41) is 0. The zero-order valence-corrected chi connectivity index (χ0v) is 11.2. The monoisotopic (exact) mass is 255 g/mol. The summed E-state index contributed by atoms with van der Waals surface area (Å²) in [6.45, 7) is 2.61.